The molecule has 1 N–H and O–H groups in total. The van der Waals surface area contributed by atoms with E-state index in [-0.39, 0.29) is 16.9 Å². The standard InChI is InChI=1S/C10H14N2O3S/c1-7-6-16-10(15)12(7)3-2-9(14)11-4-8(13)5-11/h6,8,13H,2-5H2,1H3. The van der Waals surface area contributed by atoms with E-state index in [1.807, 2.05) is 6.92 Å². The van der Waals surface area contributed by atoms with Crippen LogP contribution in [-0.2, 0) is 11.3 Å². The second kappa shape index (κ2) is 4.39. The van der Waals surface area contributed by atoms with E-state index in [1.165, 1.54) is 0 Å². The normalized spacial score (nSPS) is 16.2. The summed E-state index contributed by atoms with van der Waals surface area (Å²) in [4.78, 5) is 24.6. The van der Waals surface area contributed by atoms with Gasteiger partial charge in [-0.15, -0.1) is 0 Å². The molecule has 1 aromatic heterocycles. The number of hydrogen-bond donors (Lipinski definition) is 1. The van der Waals surface area contributed by atoms with Crippen LogP contribution in [-0.4, -0.2) is 39.7 Å². The van der Waals surface area contributed by atoms with Crippen LogP contribution in [0.5, 0.6) is 0 Å². The molecule has 1 amide bonds. The average Bonchev–Trinajstić information content (AvgIpc) is 2.51. The Kier molecular flexibility index (Phi) is 3.11. The van der Waals surface area contributed by atoms with Crippen molar-refractivity contribution in [3.05, 3.63) is 20.7 Å². The third kappa shape index (κ3) is 2.17. The predicted molar refractivity (Wildman–Crippen MR) is 60.5 cm³/mol. The number of amides is 1. The number of rotatable bonds is 3. The third-order valence-corrected chi connectivity index (χ3v) is 3.62. The number of aliphatic hydroxyl groups is 1. The van der Waals surface area contributed by atoms with Gasteiger partial charge in [-0.25, -0.2) is 0 Å². The van der Waals surface area contributed by atoms with Gasteiger partial charge in [-0.2, -0.15) is 0 Å². The van der Waals surface area contributed by atoms with Gasteiger partial charge in [0.25, 0.3) is 0 Å². The maximum Gasteiger partial charge on any atom is 0.307 e. The molecule has 1 saturated heterocycles. The molecule has 16 heavy (non-hydrogen) atoms. The fourth-order valence-electron chi connectivity index (χ4n) is 1.70. The molecule has 0 saturated carbocycles. The van der Waals surface area contributed by atoms with Crippen LogP contribution in [0.25, 0.3) is 0 Å². The molecule has 6 heteroatoms. The monoisotopic (exact) mass is 242 g/mol. The number of aliphatic hydroxyl groups excluding tert-OH is 1. The van der Waals surface area contributed by atoms with Crippen molar-refractivity contribution in [2.24, 2.45) is 0 Å². The number of aromatic nitrogens is 1. The fraction of sp³-hybridized carbons (Fsp3) is 0.600. The van der Waals surface area contributed by atoms with Crippen molar-refractivity contribution in [1.82, 2.24) is 9.47 Å². The van der Waals surface area contributed by atoms with Crippen molar-refractivity contribution in [2.75, 3.05) is 13.1 Å². The molecule has 2 heterocycles. The Morgan fingerprint density at radius 3 is 2.81 bits per heavy atom. The van der Waals surface area contributed by atoms with Crippen LogP contribution in [0.2, 0.25) is 0 Å². The van der Waals surface area contributed by atoms with Crippen LogP contribution in [0, 0.1) is 6.92 Å². The molecule has 2 rings (SSSR count). The zero-order chi connectivity index (χ0) is 11.7. The quantitative estimate of drug-likeness (QED) is 0.799. The summed E-state index contributed by atoms with van der Waals surface area (Å²) in [6.45, 7) is 3.14. The lowest BCUT2D eigenvalue weighted by Crippen LogP contribution is -2.53. The average molecular weight is 242 g/mol. The van der Waals surface area contributed by atoms with Crippen LogP contribution >= 0.6 is 11.3 Å². The minimum atomic E-state index is -0.366. The van der Waals surface area contributed by atoms with E-state index in [9.17, 15) is 9.59 Å². The van der Waals surface area contributed by atoms with Crippen molar-refractivity contribution in [3.8, 4) is 0 Å². The molecule has 0 atom stereocenters. The van der Waals surface area contributed by atoms with Gasteiger partial charge in [0.2, 0.25) is 5.91 Å². The Morgan fingerprint density at radius 2 is 2.31 bits per heavy atom. The van der Waals surface area contributed by atoms with Gasteiger partial charge in [-0.3, -0.25) is 9.59 Å². The van der Waals surface area contributed by atoms with Gasteiger partial charge in [-0.1, -0.05) is 11.3 Å². The van der Waals surface area contributed by atoms with E-state index in [2.05, 4.69) is 0 Å². The van der Waals surface area contributed by atoms with E-state index >= 15 is 0 Å². The molecule has 1 aliphatic rings. The molecule has 0 aliphatic carbocycles. The van der Waals surface area contributed by atoms with Crippen LogP contribution in [0.1, 0.15) is 12.1 Å². The first-order chi connectivity index (χ1) is 7.58. The summed E-state index contributed by atoms with van der Waals surface area (Å²) in [5, 5.41) is 10.9. The summed E-state index contributed by atoms with van der Waals surface area (Å²) in [6.07, 6.45) is -0.0425. The molecule has 1 fully saturated rings. The lowest BCUT2D eigenvalue weighted by Gasteiger charge is -2.35. The minimum absolute atomic E-state index is 0.00259. The maximum absolute atomic E-state index is 11.6. The molecular formula is C10H14N2O3S. The van der Waals surface area contributed by atoms with Crippen LogP contribution in [0.3, 0.4) is 0 Å². The lowest BCUT2D eigenvalue weighted by molar-refractivity contribution is -0.141. The molecule has 88 valence electrons. The number of β-amino-alcohol motifs (C(OH)–C–C–N with tert-alkyl or cyclic N) is 1. The molecule has 0 radical (unpaired) electrons. The highest BCUT2D eigenvalue weighted by Gasteiger charge is 2.28. The molecular weight excluding hydrogens is 228 g/mol. The summed E-state index contributed by atoms with van der Waals surface area (Å²) in [7, 11) is 0. The second-order valence-corrected chi connectivity index (χ2v) is 4.82. The van der Waals surface area contributed by atoms with Gasteiger partial charge in [-0.05, 0) is 6.92 Å². The number of carbonyl (C=O) groups excluding carboxylic acids is 1. The summed E-state index contributed by atoms with van der Waals surface area (Å²) < 4.78 is 1.61. The number of carbonyl (C=O) groups is 1. The largest absolute Gasteiger partial charge is 0.389 e. The molecule has 0 unspecified atom stereocenters. The number of nitrogens with zero attached hydrogens (tertiary/aromatic N) is 2. The number of thiazole rings is 1. The molecule has 1 aromatic rings. The Bertz CT molecular complexity index is 445. The maximum atomic E-state index is 11.6. The summed E-state index contributed by atoms with van der Waals surface area (Å²) in [5.74, 6) is 0.00259. The first-order valence-electron chi connectivity index (χ1n) is 5.18. The van der Waals surface area contributed by atoms with Gasteiger partial charge in [0.15, 0.2) is 0 Å². The van der Waals surface area contributed by atoms with E-state index in [0.717, 1.165) is 17.0 Å². The molecule has 0 spiro atoms. The SMILES string of the molecule is Cc1csc(=O)n1CCC(=O)N1CC(O)C1. The van der Waals surface area contributed by atoms with E-state index in [4.69, 9.17) is 5.11 Å². The van der Waals surface area contributed by atoms with Crippen molar-refractivity contribution in [2.45, 2.75) is 26.0 Å². The highest BCUT2D eigenvalue weighted by Crippen LogP contribution is 2.10. The van der Waals surface area contributed by atoms with Gasteiger partial charge in [0, 0.05) is 37.1 Å². The van der Waals surface area contributed by atoms with E-state index < -0.39 is 0 Å². The van der Waals surface area contributed by atoms with Gasteiger partial charge in [0.1, 0.15) is 0 Å². The van der Waals surface area contributed by atoms with Crippen LogP contribution < -0.4 is 4.87 Å². The summed E-state index contributed by atoms with van der Waals surface area (Å²) in [5.41, 5.74) is 0.895. The number of aryl methyl sites for hydroxylation is 1. The van der Waals surface area contributed by atoms with Crippen molar-refractivity contribution < 1.29 is 9.90 Å². The lowest BCUT2D eigenvalue weighted by atomic mass is 10.1. The van der Waals surface area contributed by atoms with E-state index in [0.29, 0.717) is 26.1 Å². The van der Waals surface area contributed by atoms with Crippen molar-refractivity contribution >= 4 is 17.2 Å². The number of hydrogen-bond acceptors (Lipinski definition) is 4. The zero-order valence-corrected chi connectivity index (χ0v) is 9.87. The second-order valence-electron chi connectivity index (χ2n) is 4.00. The van der Waals surface area contributed by atoms with Gasteiger partial charge in [0.05, 0.1) is 6.10 Å². The Hall–Kier alpha value is -1.14. The topological polar surface area (TPSA) is 62.5 Å². The first kappa shape index (κ1) is 11.3. The van der Waals surface area contributed by atoms with Crippen LogP contribution in [0.4, 0.5) is 0 Å². The Labute approximate surface area is 96.9 Å². The Morgan fingerprint density at radius 1 is 1.62 bits per heavy atom. The van der Waals surface area contributed by atoms with E-state index in [1.54, 1.807) is 14.8 Å². The molecule has 0 aromatic carbocycles. The first-order valence-corrected chi connectivity index (χ1v) is 6.06. The summed E-state index contributed by atoms with van der Waals surface area (Å²) >= 11 is 1.15. The third-order valence-electron chi connectivity index (χ3n) is 2.74. The summed E-state index contributed by atoms with van der Waals surface area (Å²) in [6, 6.07) is 0. The highest BCUT2D eigenvalue weighted by atomic mass is 32.1. The van der Waals surface area contributed by atoms with Crippen molar-refractivity contribution in [1.29, 1.82) is 0 Å². The number of likely N-dealkylation sites (tertiary alicyclic amines) is 1. The fourth-order valence-corrected chi connectivity index (χ4v) is 2.46. The highest BCUT2D eigenvalue weighted by molar-refractivity contribution is 7.07. The smallest absolute Gasteiger partial charge is 0.307 e. The van der Waals surface area contributed by atoms with Gasteiger partial charge < -0.3 is 14.6 Å². The molecule has 5 nitrogen and oxygen atoms in total. The minimum Gasteiger partial charge on any atom is -0.389 e. The zero-order valence-electron chi connectivity index (χ0n) is 9.05. The van der Waals surface area contributed by atoms with Crippen LogP contribution in [0.15, 0.2) is 10.2 Å². The predicted octanol–water partition coefficient (Wildman–Crippen LogP) is -0.189. The Balaban J connectivity index is 1.88. The molecule has 0 bridgehead atoms. The van der Waals surface area contributed by atoms with Crippen molar-refractivity contribution in [3.63, 3.8) is 0 Å². The van der Waals surface area contributed by atoms with Gasteiger partial charge >= 0.3 is 4.87 Å². The molecule has 1 aliphatic heterocycles.